The molecule has 0 bridgehead atoms. The first kappa shape index (κ1) is 14.5. The van der Waals surface area contributed by atoms with E-state index in [0.29, 0.717) is 10.0 Å². The number of benzene rings is 1. The van der Waals surface area contributed by atoms with Gasteiger partial charge in [-0.05, 0) is 27.4 Å². The highest BCUT2D eigenvalue weighted by atomic mass is 79.9. The molecule has 0 spiro atoms. The number of rotatable bonds is 5. The maximum Gasteiger partial charge on any atom is 0.349 e. The minimum atomic E-state index is -1.06. The number of hydrogen-bond acceptors (Lipinski definition) is 5. The van der Waals surface area contributed by atoms with E-state index in [1.807, 2.05) is 0 Å². The van der Waals surface area contributed by atoms with Crippen molar-refractivity contribution in [2.24, 2.45) is 0 Å². The lowest BCUT2D eigenvalue weighted by Gasteiger charge is -2.07. The Hall–Kier alpha value is -1.93. The van der Waals surface area contributed by atoms with E-state index < -0.39 is 10.9 Å². The van der Waals surface area contributed by atoms with Gasteiger partial charge in [-0.1, -0.05) is 12.1 Å². The summed E-state index contributed by atoms with van der Waals surface area (Å²) in [6.45, 7) is 0.0409. The first-order chi connectivity index (χ1) is 9.50. The van der Waals surface area contributed by atoms with E-state index in [9.17, 15) is 14.9 Å². The number of halogens is 1. The number of ether oxygens (including phenoxy) is 1. The Labute approximate surface area is 125 Å². The molecule has 0 unspecified atom stereocenters. The van der Waals surface area contributed by atoms with Gasteiger partial charge < -0.3 is 9.84 Å². The van der Waals surface area contributed by atoms with Crippen LogP contribution in [0.15, 0.2) is 34.1 Å². The summed E-state index contributed by atoms with van der Waals surface area (Å²) >= 11 is 4.22. The van der Waals surface area contributed by atoms with E-state index in [4.69, 9.17) is 9.84 Å². The number of nitrogens with zero attached hydrogens (tertiary/aromatic N) is 1. The third kappa shape index (κ3) is 2.97. The Balaban J connectivity index is 2.19. The molecular weight excluding hydrogens is 350 g/mol. The van der Waals surface area contributed by atoms with E-state index in [2.05, 4.69) is 15.9 Å². The molecule has 0 radical (unpaired) electrons. The number of aromatic carboxylic acids is 1. The van der Waals surface area contributed by atoms with E-state index in [1.165, 1.54) is 6.07 Å². The standard InChI is InChI=1S/C12H8BrNO5S/c13-10-7(2-1-3-8(10)14(17)18)6-19-9-4-5-20-11(9)12(15)16/h1-5H,6H2,(H,15,16). The quantitative estimate of drug-likeness (QED) is 0.650. The lowest BCUT2D eigenvalue weighted by Crippen LogP contribution is -2.01. The van der Waals surface area contributed by atoms with Gasteiger partial charge in [0.15, 0.2) is 4.88 Å². The zero-order chi connectivity index (χ0) is 14.7. The molecular formula is C12H8BrNO5S. The van der Waals surface area contributed by atoms with Crippen molar-refractivity contribution in [3.05, 3.63) is 54.7 Å². The van der Waals surface area contributed by atoms with Gasteiger partial charge in [0, 0.05) is 11.6 Å². The molecule has 2 aromatic rings. The number of hydrogen-bond donors (Lipinski definition) is 1. The van der Waals surface area contributed by atoms with Crippen molar-refractivity contribution in [2.45, 2.75) is 6.61 Å². The van der Waals surface area contributed by atoms with Gasteiger partial charge in [0.05, 0.1) is 4.92 Å². The van der Waals surface area contributed by atoms with Crippen molar-refractivity contribution in [1.29, 1.82) is 0 Å². The summed E-state index contributed by atoms with van der Waals surface area (Å²) in [5, 5.41) is 21.4. The molecule has 2 rings (SSSR count). The first-order valence-corrected chi connectivity index (χ1v) is 7.03. The monoisotopic (exact) mass is 357 g/mol. The molecule has 0 aliphatic rings. The fourth-order valence-electron chi connectivity index (χ4n) is 1.54. The highest BCUT2D eigenvalue weighted by Crippen LogP contribution is 2.30. The molecule has 0 aliphatic carbocycles. The van der Waals surface area contributed by atoms with Crippen LogP contribution in [0.25, 0.3) is 0 Å². The van der Waals surface area contributed by atoms with Crippen LogP contribution in [0.3, 0.4) is 0 Å². The number of thiophene rings is 1. The molecule has 20 heavy (non-hydrogen) atoms. The molecule has 8 heteroatoms. The van der Waals surface area contributed by atoms with Crippen LogP contribution in [-0.4, -0.2) is 16.0 Å². The first-order valence-electron chi connectivity index (χ1n) is 5.36. The number of carbonyl (C=O) groups is 1. The molecule has 1 aromatic carbocycles. The zero-order valence-electron chi connectivity index (χ0n) is 9.91. The summed E-state index contributed by atoms with van der Waals surface area (Å²) in [4.78, 5) is 21.3. The lowest BCUT2D eigenvalue weighted by molar-refractivity contribution is -0.385. The van der Waals surface area contributed by atoms with Gasteiger partial charge in [0.25, 0.3) is 5.69 Å². The second kappa shape index (κ2) is 6.02. The Bertz CT molecular complexity index is 670. The second-order valence-corrected chi connectivity index (χ2v) is 5.42. The summed E-state index contributed by atoms with van der Waals surface area (Å²) in [6, 6.07) is 6.15. The molecule has 1 heterocycles. The third-order valence-corrected chi connectivity index (χ3v) is 4.26. The number of carboxylic acids is 1. The number of carboxylic acid groups (broad SMARTS) is 1. The zero-order valence-corrected chi connectivity index (χ0v) is 12.3. The van der Waals surface area contributed by atoms with Crippen LogP contribution in [0.1, 0.15) is 15.2 Å². The summed E-state index contributed by atoms with van der Waals surface area (Å²) in [7, 11) is 0. The lowest BCUT2D eigenvalue weighted by atomic mass is 10.2. The largest absolute Gasteiger partial charge is 0.487 e. The van der Waals surface area contributed by atoms with Crippen LogP contribution < -0.4 is 4.74 Å². The molecule has 0 aliphatic heterocycles. The molecule has 0 amide bonds. The van der Waals surface area contributed by atoms with Crippen molar-refractivity contribution in [1.82, 2.24) is 0 Å². The van der Waals surface area contributed by atoms with Gasteiger partial charge in [0.2, 0.25) is 0 Å². The van der Waals surface area contributed by atoms with Gasteiger partial charge in [0.1, 0.15) is 16.8 Å². The normalized spacial score (nSPS) is 10.2. The van der Waals surface area contributed by atoms with Crippen LogP contribution in [0.2, 0.25) is 0 Å². The van der Waals surface area contributed by atoms with Crippen LogP contribution in [0, 0.1) is 10.1 Å². The SMILES string of the molecule is O=C(O)c1sccc1OCc1cccc([N+](=O)[O-])c1Br. The van der Waals surface area contributed by atoms with Gasteiger partial charge in [-0.3, -0.25) is 10.1 Å². The van der Waals surface area contributed by atoms with Crippen LogP contribution in [-0.2, 0) is 6.61 Å². The average Bonchev–Trinajstić information content (AvgIpc) is 2.85. The van der Waals surface area contributed by atoms with Crippen molar-refractivity contribution in [2.75, 3.05) is 0 Å². The van der Waals surface area contributed by atoms with Gasteiger partial charge in [-0.15, -0.1) is 11.3 Å². The average molecular weight is 358 g/mol. The van der Waals surface area contributed by atoms with Crippen molar-refractivity contribution in [3.8, 4) is 5.75 Å². The van der Waals surface area contributed by atoms with Crippen molar-refractivity contribution in [3.63, 3.8) is 0 Å². The highest BCUT2D eigenvalue weighted by molar-refractivity contribution is 9.10. The Morgan fingerprint density at radius 2 is 2.20 bits per heavy atom. The minimum absolute atomic E-state index is 0.0409. The predicted octanol–water partition coefficient (Wildman–Crippen LogP) is 3.70. The smallest absolute Gasteiger partial charge is 0.349 e. The molecule has 1 N–H and O–H groups in total. The summed E-state index contributed by atoms with van der Waals surface area (Å²) < 4.78 is 5.75. The fourth-order valence-corrected chi connectivity index (χ4v) is 2.74. The van der Waals surface area contributed by atoms with Crippen LogP contribution >= 0.6 is 27.3 Å². The van der Waals surface area contributed by atoms with E-state index >= 15 is 0 Å². The highest BCUT2D eigenvalue weighted by Gasteiger charge is 2.17. The van der Waals surface area contributed by atoms with Crippen molar-refractivity contribution >= 4 is 38.9 Å². The molecule has 0 saturated carbocycles. The topological polar surface area (TPSA) is 89.7 Å². The van der Waals surface area contributed by atoms with E-state index in [1.54, 1.807) is 23.6 Å². The number of nitro benzene ring substituents is 1. The Morgan fingerprint density at radius 3 is 2.85 bits per heavy atom. The molecule has 0 fully saturated rings. The summed E-state index contributed by atoms with van der Waals surface area (Å²) in [6.07, 6.45) is 0. The molecule has 6 nitrogen and oxygen atoms in total. The minimum Gasteiger partial charge on any atom is -0.487 e. The van der Waals surface area contributed by atoms with Gasteiger partial charge in [-0.2, -0.15) is 0 Å². The maximum atomic E-state index is 10.9. The Morgan fingerprint density at radius 1 is 1.45 bits per heavy atom. The maximum absolute atomic E-state index is 10.9. The van der Waals surface area contributed by atoms with Gasteiger partial charge in [-0.25, -0.2) is 4.79 Å². The third-order valence-electron chi connectivity index (χ3n) is 2.46. The predicted molar refractivity (Wildman–Crippen MR) is 76.4 cm³/mol. The molecule has 104 valence electrons. The molecule has 1 aromatic heterocycles. The van der Waals surface area contributed by atoms with E-state index in [0.717, 1.165) is 11.3 Å². The fraction of sp³-hybridized carbons (Fsp3) is 0.0833. The second-order valence-electron chi connectivity index (χ2n) is 3.72. The van der Waals surface area contributed by atoms with Crippen LogP contribution in [0.5, 0.6) is 5.75 Å². The molecule has 0 atom stereocenters. The van der Waals surface area contributed by atoms with Crippen LogP contribution in [0.4, 0.5) is 5.69 Å². The van der Waals surface area contributed by atoms with Gasteiger partial charge >= 0.3 is 5.97 Å². The summed E-state index contributed by atoms with van der Waals surface area (Å²) in [5.74, 6) is -0.811. The molecule has 0 saturated heterocycles. The van der Waals surface area contributed by atoms with E-state index in [-0.39, 0.29) is 22.9 Å². The van der Waals surface area contributed by atoms with Crippen molar-refractivity contribution < 1.29 is 19.6 Å². The number of nitro groups is 1. The Kier molecular flexibility index (Phi) is 4.35. The summed E-state index contributed by atoms with van der Waals surface area (Å²) in [5.41, 5.74) is 0.511.